The van der Waals surface area contributed by atoms with Gasteiger partial charge in [-0.05, 0) is 24.8 Å². The second kappa shape index (κ2) is 5.98. The largest absolute Gasteiger partial charge is 0.393 e. The predicted molar refractivity (Wildman–Crippen MR) is 67.3 cm³/mol. The van der Waals surface area contributed by atoms with Crippen LogP contribution in [0.25, 0.3) is 0 Å². The minimum Gasteiger partial charge on any atom is -0.393 e. The molecule has 0 saturated carbocycles. The summed E-state index contributed by atoms with van der Waals surface area (Å²) in [6.45, 7) is 3.74. The maximum atomic E-state index is 10.6. The van der Waals surface area contributed by atoms with Crippen LogP contribution in [-0.4, -0.2) is 16.1 Å². The minimum absolute atomic E-state index is 0.0103. The van der Waals surface area contributed by atoms with Crippen molar-refractivity contribution in [3.05, 3.63) is 38.9 Å². The van der Waals surface area contributed by atoms with E-state index in [1.807, 2.05) is 6.92 Å². The molecule has 0 aromatic heterocycles. The zero-order chi connectivity index (χ0) is 13.0. The van der Waals surface area contributed by atoms with Gasteiger partial charge in [-0.2, -0.15) is 0 Å². The van der Waals surface area contributed by atoms with Gasteiger partial charge in [0.1, 0.15) is 0 Å². The number of benzene rings is 1. The van der Waals surface area contributed by atoms with Crippen LogP contribution >= 0.6 is 11.6 Å². The number of non-ortho nitro benzene ring substituents is 1. The number of nitro groups is 1. The fourth-order valence-electron chi connectivity index (χ4n) is 1.75. The van der Waals surface area contributed by atoms with Gasteiger partial charge in [0.05, 0.1) is 16.0 Å². The fourth-order valence-corrected chi connectivity index (χ4v) is 2.01. The lowest BCUT2D eigenvalue weighted by Crippen LogP contribution is -2.18. The lowest BCUT2D eigenvalue weighted by atomic mass is 9.92. The number of nitro benzene ring substituents is 1. The number of rotatable bonds is 5. The molecule has 0 heterocycles. The van der Waals surface area contributed by atoms with Crippen LogP contribution in [0.15, 0.2) is 18.2 Å². The Labute approximate surface area is 105 Å². The van der Waals surface area contributed by atoms with Crippen LogP contribution in [0.3, 0.4) is 0 Å². The summed E-state index contributed by atoms with van der Waals surface area (Å²) < 4.78 is 0. The minimum atomic E-state index is -0.471. The molecule has 0 bridgehead atoms. The third-order valence-corrected chi connectivity index (χ3v) is 3.29. The summed E-state index contributed by atoms with van der Waals surface area (Å²) in [5.41, 5.74) is 0.828. The molecule has 0 amide bonds. The molecule has 5 heteroatoms. The van der Waals surface area contributed by atoms with Crippen molar-refractivity contribution in [2.24, 2.45) is 5.92 Å². The first-order chi connectivity index (χ1) is 7.95. The lowest BCUT2D eigenvalue weighted by molar-refractivity contribution is -0.384. The number of hydrogen-bond acceptors (Lipinski definition) is 3. The SMILES string of the molecule is CCC(Cc1ccc([N+](=O)[O-])cc1Cl)C(C)O. The molecular formula is C12H16ClNO3. The van der Waals surface area contributed by atoms with E-state index in [-0.39, 0.29) is 11.6 Å². The first kappa shape index (κ1) is 13.9. The zero-order valence-corrected chi connectivity index (χ0v) is 10.6. The highest BCUT2D eigenvalue weighted by molar-refractivity contribution is 6.31. The van der Waals surface area contributed by atoms with Gasteiger partial charge in [-0.25, -0.2) is 0 Å². The number of aliphatic hydroxyl groups excluding tert-OH is 1. The molecule has 0 aliphatic carbocycles. The van der Waals surface area contributed by atoms with E-state index < -0.39 is 11.0 Å². The molecule has 0 radical (unpaired) electrons. The Morgan fingerprint density at radius 1 is 1.53 bits per heavy atom. The van der Waals surface area contributed by atoms with Crippen LogP contribution in [0.1, 0.15) is 25.8 Å². The van der Waals surface area contributed by atoms with E-state index in [9.17, 15) is 15.2 Å². The monoisotopic (exact) mass is 257 g/mol. The van der Waals surface area contributed by atoms with Gasteiger partial charge in [0.2, 0.25) is 0 Å². The number of halogens is 1. The van der Waals surface area contributed by atoms with Crippen molar-refractivity contribution in [1.29, 1.82) is 0 Å². The van der Waals surface area contributed by atoms with Gasteiger partial charge >= 0.3 is 0 Å². The zero-order valence-electron chi connectivity index (χ0n) is 9.89. The van der Waals surface area contributed by atoms with Crippen LogP contribution in [0.4, 0.5) is 5.69 Å². The molecule has 2 unspecified atom stereocenters. The molecule has 0 aliphatic heterocycles. The van der Waals surface area contributed by atoms with Gasteiger partial charge in [-0.3, -0.25) is 10.1 Å². The van der Waals surface area contributed by atoms with Crippen LogP contribution < -0.4 is 0 Å². The molecule has 1 N–H and O–H groups in total. The average molecular weight is 258 g/mol. The topological polar surface area (TPSA) is 63.4 Å². The second-order valence-electron chi connectivity index (χ2n) is 4.15. The van der Waals surface area contributed by atoms with Crippen LogP contribution in [0, 0.1) is 16.0 Å². The smallest absolute Gasteiger partial charge is 0.270 e. The quantitative estimate of drug-likeness (QED) is 0.651. The van der Waals surface area contributed by atoms with E-state index in [2.05, 4.69) is 0 Å². The van der Waals surface area contributed by atoms with Gasteiger partial charge in [0, 0.05) is 12.1 Å². The third-order valence-electron chi connectivity index (χ3n) is 2.94. The van der Waals surface area contributed by atoms with Gasteiger partial charge in [-0.15, -0.1) is 0 Å². The molecule has 1 rings (SSSR count). The number of nitrogens with zero attached hydrogens (tertiary/aromatic N) is 1. The van der Waals surface area contributed by atoms with Gasteiger partial charge in [-0.1, -0.05) is 31.0 Å². The molecule has 17 heavy (non-hydrogen) atoms. The van der Waals surface area contributed by atoms with E-state index in [4.69, 9.17) is 11.6 Å². The van der Waals surface area contributed by atoms with Crippen LogP contribution in [0.5, 0.6) is 0 Å². The Balaban J connectivity index is 2.89. The highest BCUT2D eigenvalue weighted by atomic mass is 35.5. The van der Waals surface area contributed by atoms with Crippen molar-refractivity contribution < 1.29 is 10.0 Å². The first-order valence-electron chi connectivity index (χ1n) is 5.56. The highest BCUT2D eigenvalue weighted by Crippen LogP contribution is 2.26. The number of aliphatic hydroxyl groups is 1. The van der Waals surface area contributed by atoms with Crippen LogP contribution in [-0.2, 0) is 6.42 Å². The molecule has 0 aliphatic rings. The molecule has 0 spiro atoms. The second-order valence-corrected chi connectivity index (χ2v) is 4.55. The van der Waals surface area contributed by atoms with Crippen molar-refractivity contribution in [2.75, 3.05) is 0 Å². The van der Waals surface area contributed by atoms with E-state index in [1.165, 1.54) is 12.1 Å². The third kappa shape index (κ3) is 3.68. The summed E-state index contributed by atoms with van der Waals surface area (Å²) in [4.78, 5) is 10.1. The van der Waals surface area contributed by atoms with E-state index in [0.717, 1.165) is 12.0 Å². The van der Waals surface area contributed by atoms with Crippen molar-refractivity contribution in [3.8, 4) is 0 Å². The van der Waals surface area contributed by atoms with Gasteiger partial charge in [0.15, 0.2) is 0 Å². The molecule has 4 nitrogen and oxygen atoms in total. The van der Waals surface area contributed by atoms with Crippen molar-refractivity contribution >= 4 is 17.3 Å². The molecule has 0 saturated heterocycles. The van der Waals surface area contributed by atoms with E-state index in [0.29, 0.717) is 11.4 Å². The molecule has 1 aromatic carbocycles. The van der Waals surface area contributed by atoms with Gasteiger partial charge < -0.3 is 5.11 Å². The molecule has 2 atom stereocenters. The summed E-state index contributed by atoms with van der Waals surface area (Å²) >= 11 is 5.99. The summed E-state index contributed by atoms with van der Waals surface area (Å²) in [6.07, 6.45) is 1.06. The Hall–Kier alpha value is -1.13. The Morgan fingerprint density at radius 3 is 2.59 bits per heavy atom. The maximum Gasteiger partial charge on any atom is 0.270 e. The average Bonchev–Trinajstić information content (AvgIpc) is 2.26. The molecule has 0 fully saturated rings. The first-order valence-corrected chi connectivity index (χ1v) is 5.94. The highest BCUT2D eigenvalue weighted by Gasteiger charge is 2.16. The standard InChI is InChI=1S/C12H16ClNO3/c1-3-9(8(2)15)6-10-4-5-11(14(16)17)7-12(10)13/h4-5,7-9,15H,3,6H2,1-2H3. The lowest BCUT2D eigenvalue weighted by Gasteiger charge is -2.18. The molecule has 1 aromatic rings. The Morgan fingerprint density at radius 2 is 2.18 bits per heavy atom. The predicted octanol–water partition coefficient (Wildman–Crippen LogP) is 3.20. The van der Waals surface area contributed by atoms with Crippen LogP contribution in [0.2, 0.25) is 5.02 Å². The van der Waals surface area contributed by atoms with Crippen molar-refractivity contribution in [3.63, 3.8) is 0 Å². The maximum absolute atomic E-state index is 10.6. The van der Waals surface area contributed by atoms with Crippen molar-refractivity contribution in [2.45, 2.75) is 32.8 Å². The summed E-state index contributed by atoms with van der Waals surface area (Å²) in [5, 5.41) is 20.5. The molecule has 94 valence electrons. The Kier molecular flexibility index (Phi) is 4.90. The summed E-state index contributed by atoms with van der Waals surface area (Å²) in [5.74, 6) is 0.119. The fraction of sp³-hybridized carbons (Fsp3) is 0.500. The van der Waals surface area contributed by atoms with Gasteiger partial charge in [0.25, 0.3) is 5.69 Å². The summed E-state index contributed by atoms with van der Waals surface area (Å²) in [6, 6.07) is 4.45. The molecular weight excluding hydrogens is 242 g/mol. The van der Waals surface area contributed by atoms with E-state index >= 15 is 0 Å². The summed E-state index contributed by atoms with van der Waals surface area (Å²) in [7, 11) is 0. The Bertz CT molecular complexity index is 407. The number of hydrogen-bond donors (Lipinski definition) is 1. The van der Waals surface area contributed by atoms with E-state index in [1.54, 1.807) is 13.0 Å². The van der Waals surface area contributed by atoms with Crippen molar-refractivity contribution in [1.82, 2.24) is 0 Å². The normalized spacial score (nSPS) is 14.4.